The zero-order valence-electron chi connectivity index (χ0n) is 19.2. The molecule has 0 radical (unpaired) electrons. The van der Waals surface area contributed by atoms with Crippen LogP contribution in [-0.4, -0.2) is 35.4 Å². The van der Waals surface area contributed by atoms with Gasteiger partial charge in [-0.25, -0.2) is 0 Å². The van der Waals surface area contributed by atoms with Gasteiger partial charge in [0, 0.05) is 30.2 Å². The molecule has 2 amide bonds. The molecule has 1 N–H and O–H groups in total. The standard InChI is InChI=1S/C26H26N4O3S/c1-17(19-4-3-5-20(14-19)33-2)12-24(31)29-26-22(15-27)21-8-11-30(16-23(21)34-26)25(32)13-18-6-9-28-10-7-18/h3-7,9-10,14,17H,8,11-13,16H2,1-2H3,(H,29,31). The van der Waals surface area contributed by atoms with Gasteiger partial charge in [0.15, 0.2) is 0 Å². The summed E-state index contributed by atoms with van der Waals surface area (Å²) < 4.78 is 5.28. The molecule has 174 valence electrons. The van der Waals surface area contributed by atoms with Crippen LogP contribution in [0.4, 0.5) is 5.00 Å². The molecular formula is C26H26N4O3S. The van der Waals surface area contributed by atoms with Crippen molar-refractivity contribution in [2.24, 2.45) is 0 Å². The summed E-state index contributed by atoms with van der Waals surface area (Å²) in [6.45, 7) is 3.00. The molecule has 1 aromatic carbocycles. The maximum absolute atomic E-state index is 12.8. The van der Waals surface area contributed by atoms with Crippen LogP contribution in [0.5, 0.6) is 5.75 Å². The summed E-state index contributed by atoms with van der Waals surface area (Å²) in [6.07, 6.45) is 4.57. The van der Waals surface area contributed by atoms with Gasteiger partial charge in [-0.3, -0.25) is 14.6 Å². The Morgan fingerprint density at radius 1 is 1.29 bits per heavy atom. The number of aromatic nitrogens is 1. The second kappa shape index (κ2) is 10.5. The van der Waals surface area contributed by atoms with Crippen LogP contribution in [0.3, 0.4) is 0 Å². The lowest BCUT2D eigenvalue weighted by Gasteiger charge is -2.27. The first-order chi connectivity index (χ1) is 16.5. The SMILES string of the molecule is COc1cccc(C(C)CC(=O)Nc2sc3c(c2C#N)CCN(C(=O)Cc2ccncc2)C3)c1. The van der Waals surface area contributed by atoms with Gasteiger partial charge >= 0.3 is 0 Å². The number of nitrogens with zero attached hydrogens (tertiary/aromatic N) is 3. The molecule has 7 nitrogen and oxygen atoms in total. The molecule has 1 aliphatic rings. The molecule has 0 saturated carbocycles. The number of nitrogens with one attached hydrogen (secondary N) is 1. The minimum Gasteiger partial charge on any atom is -0.497 e. The van der Waals surface area contributed by atoms with Gasteiger partial charge in [-0.1, -0.05) is 19.1 Å². The summed E-state index contributed by atoms with van der Waals surface area (Å²) in [5, 5.41) is 13.3. The maximum atomic E-state index is 12.8. The van der Waals surface area contributed by atoms with E-state index in [2.05, 4.69) is 16.4 Å². The second-order valence-corrected chi connectivity index (χ2v) is 9.45. The molecule has 3 heterocycles. The van der Waals surface area contributed by atoms with Gasteiger partial charge in [0.05, 0.1) is 25.6 Å². The Morgan fingerprint density at radius 2 is 2.09 bits per heavy atom. The lowest BCUT2D eigenvalue weighted by Crippen LogP contribution is -2.36. The average Bonchev–Trinajstić information content (AvgIpc) is 3.20. The van der Waals surface area contributed by atoms with Crippen molar-refractivity contribution in [1.29, 1.82) is 5.26 Å². The zero-order valence-corrected chi connectivity index (χ0v) is 20.0. The number of methoxy groups -OCH3 is 1. The highest BCUT2D eigenvalue weighted by molar-refractivity contribution is 7.16. The lowest BCUT2D eigenvalue weighted by molar-refractivity contribution is -0.131. The highest BCUT2D eigenvalue weighted by Gasteiger charge is 2.27. The minimum atomic E-state index is -0.143. The van der Waals surface area contributed by atoms with E-state index in [9.17, 15) is 14.9 Å². The number of anilines is 1. The van der Waals surface area contributed by atoms with Crippen LogP contribution in [0.25, 0.3) is 0 Å². The molecule has 0 aliphatic carbocycles. The Bertz CT molecular complexity index is 1230. The molecule has 0 spiro atoms. The van der Waals surface area contributed by atoms with Crippen molar-refractivity contribution in [2.75, 3.05) is 19.0 Å². The number of thiophene rings is 1. The van der Waals surface area contributed by atoms with Gasteiger partial charge in [-0.05, 0) is 53.3 Å². The van der Waals surface area contributed by atoms with Crippen molar-refractivity contribution < 1.29 is 14.3 Å². The number of hydrogen-bond donors (Lipinski definition) is 1. The highest BCUT2D eigenvalue weighted by atomic mass is 32.1. The number of benzene rings is 1. The molecule has 0 bridgehead atoms. The Kier molecular flexibility index (Phi) is 7.24. The van der Waals surface area contributed by atoms with Gasteiger partial charge in [-0.15, -0.1) is 11.3 Å². The number of rotatable bonds is 7. The normalized spacial score (nSPS) is 13.5. The molecule has 2 aromatic heterocycles. The van der Waals surface area contributed by atoms with Gasteiger partial charge in [-0.2, -0.15) is 5.26 Å². The molecular weight excluding hydrogens is 448 g/mol. The zero-order chi connectivity index (χ0) is 24.1. The number of nitriles is 1. The van der Waals surface area contributed by atoms with Crippen molar-refractivity contribution >= 4 is 28.2 Å². The predicted octanol–water partition coefficient (Wildman–Crippen LogP) is 4.28. The number of hydrogen-bond acceptors (Lipinski definition) is 6. The van der Waals surface area contributed by atoms with E-state index in [4.69, 9.17) is 4.74 Å². The number of carbonyl (C=O) groups is 2. The first-order valence-corrected chi connectivity index (χ1v) is 11.9. The van der Waals surface area contributed by atoms with Gasteiger partial charge in [0.2, 0.25) is 11.8 Å². The Hall–Kier alpha value is -3.70. The minimum absolute atomic E-state index is 0.00322. The van der Waals surface area contributed by atoms with Crippen LogP contribution < -0.4 is 10.1 Å². The van der Waals surface area contributed by atoms with Crippen LogP contribution in [0, 0.1) is 11.3 Å². The van der Waals surface area contributed by atoms with Crippen LogP contribution in [0.15, 0.2) is 48.8 Å². The van der Waals surface area contributed by atoms with E-state index in [1.165, 1.54) is 11.3 Å². The lowest BCUT2D eigenvalue weighted by atomic mass is 9.97. The molecule has 8 heteroatoms. The summed E-state index contributed by atoms with van der Waals surface area (Å²) >= 11 is 1.39. The quantitative estimate of drug-likeness (QED) is 0.551. The van der Waals surface area contributed by atoms with Crippen molar-refractivity contribution in [3.63, 3.8) is 0 Å². The Morgan fingerprint density at radius 3 is 2.82 bits per heavy atom. The number of fused-ring (bicyclic) bond motifs is 1. The molecule has 1 atom stereocenters. The summed E-state index contributed by atoms with van der Waals surface area (Å²) in [4.78, 5) is 32.3. The number of ether oxygens (including phenoxy) is 1. The van der Waals surface area contributed by atoms with Crippen LogP contribution in [0.1, 0.15) is 46.4 Å². The van der Waals surface area contributed by atoms with Crippen molar-refractivity contribution in [2.45, 2.75) is 38.6 Å². The summed E-state index contributed by atoms with van der Waals surface area (Å²) in [7, 11) is 1.62. The van der Waals surface area contributed by atoms with E-state index < -0.39 is 0 Å². The molecule has 0 fully saturated rings. The second-order valence-electron chi connectivity index (χ2n) is 8.35. The van der Waals surface area contributed by atoms with Crippen LogP contribution in [-0.2, 0) is 29.0 Å². The van der Waals surface area contributed by atoms with Crippen molar-refractivity contribution in [3.05, 3.63) is 75.9 Å². The summed E-state index contributed by atoms with van der Waals surface area (Å²) in [5.41, 5.74) is 3.40. The van der Waals surface area contributed by atoms with E-state index in [0.29, 0.717) is 36.5 Å². The van der Waals surface area contributed by atoms with Crippen LogP contribution in [0.2, 0.25) is 0 Å². The molecule has 1 unspecified atom stereocenters. The third kappa shape index (κ3) is 5.26. The van der Waals surface area contributed by atoms with E-state index in [1.807, 2.05) is 48.2 Å². The fourth-order valence-corrected chi connectivity index (χ4v) is 5.36. The highest BCUT2D eigenvalue weighted by Crippen LogP contribution is 2.37. The average molecular weight is 475 g/mol. The summed E-state index contributed by atoms with van der Waals surface area (Å²) in [6, 6.07) is 13.6. The van der Waals surface area contributed by atoms with Gasteiger partial charge in [0.25, 0.3) is 0 Å². The predicted molar refractivity (Wildman–Crippen MR) is 131 cm³/mol. The number of amides is 2. The fourth-order valence-electron chi connectivity index (χ4n) is 4.13. The molecule has 0 saturated heterocycles. The van der Waals surface area contributed by atoms with E-state index in [-0.39, 0.29) is 24.2 Å². The molecule has 4 rings (SSSR count). The first kappa shape index (κ1) is 23.5. The smallest absolute Gasteiger partial charge is 0.227 e. The van der Waals surface area contributed by atoms with Crippen molar-refractivity contribution in [1.82, 2.24) is 9.88 Å². The van der Waals surface area contributed by atoms with Gasteiger partial charge < -0.3 is 15.0 Å². The first-order valence-electron chi connectivity index (χ1n) is 11.1. The van der Waals surface area contributed by atoms with Crippen molar-refractivity contribution in [3.8, 4) is 11.8 Å². The van der Waals surface area contributed by atoms with E-state index >= 15 is 0 Å². The molecule has 34 heavy (non-hydrogen) atoms. The van der Waals surface area contributed by atoms with Gasteiger partial charge in [0.1, 0.15) is 16.8 Å². The summed E-state index contributed by atoms with van der Waals surface area (Å²) in [5.74, 6) is 0.652. The Labute approximate surface area is 203 Å². The monoisotopic (exact) mass is 474 g/mol. The number of carbonyl (C=O) groups excluding carboxylic acids is 2. The number of pyridine rings is 1. The topological polar surface area (TPSA) is 95.3 Å². The maximum Gasteiger partial charge on any atom is 0.227 e. The largest absolute Gasteiger partial charge is 0.497 e. The molecule has 3 aromatic rings. The fraction of sp³-hybridized carbons (Fsp3) is 0.308. The third-order valence-corrected chi connectivity index (χ3v) is 7.17. The van der Waals surface area contributed by atoms with E-state index in [0.717, 1.165) is 27.3 Å². The van der Waals surface area contributed by atoms with Crippen LogP contribution >= 0.6 is 11.3 Å². The molecule has 1 aliphatic heterocycles. The third-order valence-electron chi connectivity index (χ3n) is 6.03. The van der Waals surface area contributed by atoms with E-state index in [1.54, 1.807) is 19.5 Å². The Balaban J connectivity index is 1.43.